The van der Waals surface area contributed by atoms with Crippen molar-refractivity contribution in [1.29, 1.82) is 0 Å². The van der Waals surface area contributed by atoms with Gasteiger partial charge < -0.3 is 10.1 Å². The Hall–Kier alpha value is -3.10. The predicted molar refractivity (Wildman–Crippen MR) is 110 cm³/mol. The first kappa shape index (κ1) is 20.2. The molecule has 0 radical (unpaired) electrons. The van der Waals surface area contributed by atoms with Gasteiger partial charge in [-0.15, -0.1) is 0 Å². The molecule has 1 N–H and O–H groups in total. The Labute approximate surface area is 174 Å². The zero-order valence-electron chi connectivity index (χ0n) is 16.8. The van der Waals surface area contributed by atoms with Crippen LogP contribution in [0.1, 0.15) is 27.5 Å². The van der Waals surface area contributed by atoms with Gasteiger partial charge in [0.2, 0.25) is 0 Å². The highest BCUT2D eigenvalue weighted by Crippen LogP contribution is 2.22. The molecule has 4 rings (SSSR count). The third kappa shape index (κ3) is 4.55. The van der Waals surface area contributed by atoms with Crippen molar-refractivity contribution in [3.63, 3.8) is 0 Å². The number of rotatable bonds is 6. The number of aromatic nitrogens is 3. The monoisotopic (exact) mass is 409 g/mol. The summed E-state index contributed by atoms with van der Waals surface area (Å²) in [6.45, 7) is 5.15. The summed E-state index contributed by atoms with van der Waals surface area (Å²) < 4.78 is 20.5. The smallest absolute Gasteiger partial charge is 0.251 e. The SMILES string of the molecule is Cc1cc(-n2cncn2)ccc1C(=O)NCC(c1ccc(F)cc1)N1CCOCC1. The topological polar surface area (TPSA) is 72.3 Å². The van der Waals surface area contributed by atoms with E-state index in [9.17, 15) is 9.18 Å². The molecule has 30 heavy (non-hydrogen) atoms. The van der Waals surface area contributed by atoms with Gasteiger partial charge in [0.15, 0.2) is 0 Å². The third-order valence-electron chi connectivity index (χ3n) is 5.34. The number of hydrogen-bond donors (Lipinski definition) is 1. The lowest BCUT2D eigenvalue weighted by molar-refractivity contribution is 0.0162. The second-order valence-corrected chi connectivity index (χ2v) is 7.26. The van der Waals surface area contributed by atoms with Crippen LogP contribution in [0.2, 0.25) is 0 Å². The van der Waals surface area contributed by atoms with Gasteiger partial charge in [0.25, 0.3) is 5.91 Å². The zero-order valence-corrected chi connectivity index (χ0v) is 16.8. The fraction of sp³-hybridized carbons (Fsp3) is 0.318. The number of ether oxygens (including phenoxy) is 1. The van der Waals surface area contributed by atoms with Gasteiger partial charge in [0.1, 0.15) is 18.5 Å². The van der Waals surface area contributed by atoms with Crippen molar-refractivity contribution in [2.45, 2.75) is 13.0 Å². The molecule has 1 atom stereocenters. The van der Waals surface area contributed by atoms with Crippen LogP contribution in [-0.2, 0) is 4.74 Å². The molecule has 1 aromatic heterocycles. The molecule has 8 heteroatoms. The molecule has 156 valence electrons. The zero-order chi connectivity index (χ0) is 20.9. The molecule has 1 aliphatic rings. The summed E-state index contributed by atoms with van der Waals surface area (Å²) in [4.78, 5) is 19.1. The number of aryl methyl sites for hydroxylation is 1. The van der Waals surface area contributed by atoms with Crippen LogP contribution in [0.4, 0.5) is 4.39 Å². The first-order valence-electron chi connectivity index (χ1n) is 9.93. The normalized spacial score (nSPS) is 15.7. The Morgan fingerprint density at radius 2 is 1.97 bits per heavy atom. The van der Waals surface area contributed by atoms with Crippen LogP contribution >= 0.6 is 0 Å². The van der Waals surface area contributed by atoms with E-state index in [1.807, 2.05) is 19.1 Å². The molecule has 0 aliphatic carbocycles. The lowest BCUT2D eigenvalue weighted by atomic mass is 10.0. The lowest BCUT2D eigenvalue weighted by Gasteiger charge is -2.35. The van der Waals surface area contributed by atoms with Crippen LogP contribution in [0.15, 0.2) is 55.1 Å². The largest absolute Gasteiger partial charge is 0.379 e. The van der Waals surface area contributed by atoms with Gasteiger partial charge in [-0.05, 0) is 48.4 Å². The Morgan fingerprint density at radius 1 is 1.20 bits per heavy atom. The maximum Gasteiger partial charge on any atom is 0.251 e. The summed E-state index contributed by atoms with van der Waals surface area (Å²) in [6, 6.07) is 12.0. The van der Waals surface area contributed by atoms with Crippen LogP contribution in [0.3, 0.4) is 0 Å². The molecule has 1 saturated heterocycles. The van der Waals surface area contributed by atoms with Gasteiger partial charge in [0, 0.05) is 25.2 Å². The number of amides is 1. The van der Waals surface area contributed by atoms with Crippen molar-refractivity contribution in [2.75, 3.05) is 32.8 Å². The molecule has 1 fully saturated rings. The van der Waals surface area contributed by atoms with E-state index in [0.717, 1.165) is 29.9 Å². The highest BCUT2D eigenvalue weighted by molar-refractivity contribution is 5.95. The van der Waals surface area contributed by atoms with Crippen LogP contribution in [0.5, 0.6) is 0 Å². The van der Waals surface area contributed by atoms with Crippen molar-refractivity contribution in [3.05, 3.63) is 77.6 Å². The molecule has 0 saturated carbocycles. The minimum Gasteiger partial charge on any atom is -0.379 e. The summed E-state index contributed by atoms with van der Waals surface area (Å²) >= 11 is 0. The van der Waals surface area contributed by atoms with E-state index in [1.165, 1.54) is 18.5 Å². The molecule has 7 nitrogen and oxygen atoms in total. The van der Waals surface area contributed by atoms with E-state index in [1.54, 1.807) is 29.2 Å². The Morgan fingerprint density at radius 3 is 2.63 bits per heavy atom. The van der Waals surface area contributed by atoms with Gasteiger partial charge in [-0.3, -0.25) is 9.69 Å². The molecule has 3 aromatic rings. The molecule has 1 unspecified atom stereocenters. The van der Waals surface area contributed by atoms with Crippen LogP contribution in [0, 0.1) is 12.7 Å². The molecule has 1 aliphatic heterocycles. The van der Waals surface area contributed by atoms with E-state index in [2.05, 4.69) is 20.3 Å². The van der Waals surface area contributed by atoms with Gasteiger partial charge in [-0.25, -0.2) is 14.1 Å². The van der Waals surface area contributed by atoms with E-state index >= 15 is 0 Å². The van der Waals surface area contributed by atoms with Crippen molar-refractivity contribution in [3.8, 4) is 5.69 Å². The second kappa shape index (κ2) is 9.15. The standard InChI is InChI=1S/C22H24FN5O2/c1-16-12-19(28-15-24-14-26-28)6-7-20(16)22(29)25-13-21(27-8-10-30-11-9-27)17-2-4-18(23)5-3-17/h2-7,12,14-15,21H,8-11,13H2,1H3,(H,25,29). The number of nitrogens with zero attached hydrogens (tertiary/aromatic N) is 4. The van der Waals surface area contributed by atoms with Crippen LogP contribution < -0.4 is 5.32 Å². The fourth-order valence-electron chi connectivity index (χ4n) is 3.70. The summed E-state index contributed by atoms with van der Waals surface area (Å²) in [7, 11) is 0. The van der Waals surface area contributed by atoms with Crippen molar-refractivity contribution in [2.24, 2.45) is 0 Å². The first-order chi connectivity index (χ1) is 14.6. The average molecular weight is 409 g/mol. The first-order valence-corrected chi connectivity index (χ1v) is 9.93. The maximum absolute atomic E-state index is 13.4. The van der Waals surface area contributed by atoms with E-state index in [4.69, 9.17) is 4.74 Å². The number of hydrogen-bond acceptors (Lipinski definition) is 5. The second-order valence-electron chi connectivity index (χ2n) is 7.26. The van der Waals surface area contributed by atoms with E-state index < -0.39 is 0 Å². The number of halogens is 1. The minimum atomic E-state index is -0.272. The van der Waals surface area contributed by atoms with Crippen LogP contribution in [-0.4, -0.2) is 58.4 Å². The Balaban J connectivity index is 1.48. The van der Waals surface area contributed by atoms with Crippen molar-refractivity contribution in [1.82, 2.24) is 25.0 Å². The number of carbonyl (C=O) groups is 1. The molecular formula is C22H24FN5O2. The number of benzene rings is 2. The van der Waals surface area contributed by atoms with Gasteiger partial charge in [-0.2, -0.15) is 5.10 Å². The van der Waals surface area contributed by atoms with E-state index in [-0.39, 0.29) is 17.8 Å². The summed E-state index contributed by atoms with van der Waals surface area (Å²) in [5.41, 5.74) is 3.28. The fourth-order valence-corrected chi connectivity index (χ4v) is 3.70. The molecule has 2 heterocycles. The molecule has 0 bridgehead atoms. The number of carbonyl (C=O) groups excluding carboxylic acids is 1. The maximum atomic E-state index is 13.4. The van der Waals surface area contributed by atoms with Gasteiger partial charge >= 0.3 is 0 Å². The average Bonchev–Trinajstić information content (AvgIpc) is 3.30. The molecule has 1 amide bonds. The third-order valence-corrected chi connectivity index (χ3v) is 5.34. The summed E-state index contributed by atoms with van der Waals surface area (Å²) in [5.74, 6) is -0.412. The number of nitrogens with one attached hydrogen (secondary N) is 1. The summed E-state index contributed by atoms with van der Waals surface area (Å²) in [6.07, 6.45) is 3.08. The molecular weight excluding hydrogens is 385 g/mol. The highest BCUT2D eigenvalue weighted by atomic mass is 19.1. The Bertz CT molecular complexity index is 985. The quantitative estimate of drug-likeness (QED) is 0.677. The Kier molecular flexibility index (Phi) is 6.15. The highest BCUT2D eigenvalue weighted by Gasteiger charge is 2.23. The van der Waals surface area contributed by atoms with Crippen molar-refractivity contribution >= 4 is 5.91 Å². The van der Waals surface area contributed by atoms with Crippen molar-refractivity contribution < 1.29 is 13.9 Å². The van der Waals surface area contributed by atoms with E-state index in [0.29, 0.717) is 25.3 Å². The molecule has 2 aromatic carbocycles. The summed E-state index contributed by atoms with van der Waals surface area (Å²) in [5, 5.41) is 7.17. The van der Waals surface area contributed by atoms with Gasteiger partial charge in [0.05, 0.1) is 24.9 Å². The number of morpholine rings is 1. The van der Waals surface area contributed by atoms with Gasteiger partial charge in [-0.1, -0.05) is 12.1 Å². The predicted octanol–water partition coefficient (Wildman–Crippen LogP) is 2.52. The van der Waals surface area contributed by atoms with Crippen LogP contribution in [0.25, 0.3) is 5.69 Å². The minimum absolute atomic E-state index is 0.0480. The molecule has 0 spiro atoms. The lowest BCUT2D eigenvalue weighted by Crippen LogP contribution is -2.43.